The van der Waals surface area contributed by atoms with Gasteiger partial charge in [-0.15, -0.1) is 0 Å². The predicted molar refractivity (Wildman–Crippen MR) is 84.6 cm³/mol. The Morgan fingerprint density at radius 2 is 2.14 bits per heavy atom. The minimum Gasteiger partial charge on any atom is -0.508 e. The molecule has 110 valence electrons. The summed E-state index contributed by atoms with van der Waals surface area (Å²) in [5.74, 6) is 0.343. The van der Waals surface area contributed by atoms with E-state index in [2.05, 4.69) is 23.5 Å². The first-order chi connectivity index (χ1) is 10.3. The van der Waals surface area contributed by atoms with E-state index in [1.165, 1.54) is 17.5 Å². The number of hydrogen-bond acceptors (Lipinski definition) is 3. The quantitative estimate of drug-likeness (QED) is 0.890. The molecular weight excluding hydrogens is 262 g/mol. The van der Waals surface area contributed by atoms with Gasteiger partial charge in [-0.1, -0.05) is 18.2 Å². The summed E-state index contributed by atoms with van der Waals surface area (Å²) in [4.78, 5) is 0. The highest BCUT2D eigenvalue weighted by atomic mass is 16.5. The molecule has 0 fully saturated rings. The number of methoxy groups -OCH3 is 1. The van der Waals surface area contributed by atoms with Gasteiger partial charge in [-0.25, -0.2) is 0 Å². The fourth-order valence-corrected chi connectivity index (χ4v) is 3.06. The molecule has 1 aliphatic carbocycles. The van der Waals surface area contributed by atoms with Crippen LogP contribution in [-0.2, 0) is 17.8 Å². The lowest BCUT2D eigenvalue weighted by Gasteiger charge is -2.27. The molecule has 0 bridgehead atoms. The lowest BCUT2D eigenvalue weighted by Crippen LogP contribution is -2.17. The second-order valence-electron chi connectivity index (χ2n) is 5.61. The molecule has 3 heteroatoms. The lowest BCUT2D eigenvalue weighted by atomic mass is 9.87. The van der Waals surface area contributed by atoms with Gasteiger partial charge in [0.15, 0.2) is 0 Å². The Morgan fingerprint density at radius 3 is 3.00 bits per heavy atom. The van der Waals surface area contributed by atoms with Crippen LogP contribution in [0.25, 0.3) is 0 Å². The maximum atomic E-state index is 9.74. The summed E-state index contributed by atoms with van der Waals surface area (Å²) in [6, 6.07) is 14.3. The Kier molecular flexibility index (Phi) is 4.11. The molecule has 1 aliphatic rings. The minimum absolute atomic E-state index is 0.263. The van der Waals surface area contributed by atoms with Gasteiger partial charge < -0.3 is 15.2 Å². The van der Waals surface area contributed by atoms with Gasteiger partial charge in [-0.05, 0) is 60.2 Å². The molecule has 0 radical (unpaired) electrons. The Bertz CT molecular complexity index is 624. The summed E-state index contributed by atoms with van der Waals surface area (Å²) in [5.41, 5.74) is 4.82. The molecule has 0 saturated heterocycles. The summed E-state index contributed by atoms with van der Waals surface area (Å²) in [6.07, 6.45) is 3.36. The zero-order valence-corrected chi connectivity index (χ0v) is 12.3. The van der Waals surface area contributed by atoms with Crippen LogP contribution in [0.3, 0.4) is 0 Å². The molecule has 0 spiro atoms. The third kappa shape index (κ3) is 3.19. The van der Waals surface area contributed by atoms with Gasteiger partial charge in [0.1, 0.15) is 5.75 Å². The highest BCUT2D eigenvalue weighted by molar-refractivity contribution is 5.50. The van der Waals surface area contributed by atoms with Crippen molar-refractivity contribution in [1.29, 1.82) is 0 Å². The zero-order valence-electron chi connectivity index (χ0n) is 12.3. The Hall–Kier alpha value is -2.00. The third-order valence-electron chi connectivity index (χ3n) is 4.02. The average molecular weight is 283 g/mol. The second-order valence-corrected chi connectivity index (χ2v) is 5.61. The topological polar surface area (TPSA) is 41.5 Å². The van der Waals surface area contributed by atoms with E-state index in [1.54, 1.807) is 13.2 Å². The van der Waals surface area contributed by atoms with Gasteiger partial charge >= 0.3 is 0 Å². The Morgan fingerprint density at radius 1 is 1.24 bits per heavy atom. The van der Waals surface area contributed by atoms with E-state index < -0.39 is 0 Å². The van der Waals surface area contributed by atoms with Crippen molar-refractivity contribution >= 4 is 5.69 Å². The normalized spacial score (nSPS) is 17.3. The number of hydrogen-bond donors (Lipinski definition) is 2. The molecule has 3 nitrogen and oxygen atoms in total. The van der Waals surface area contributed by atoms with Gasteiger partial charge in [0.2, 0.25) is 0 Å². The highest BCUT2D eigenvalue weighted by Crippen LogP contribution is 2.34. The number of nitrogens with one attached hydrogen (secondary N) is 1. The molecule has 3 rings (SSSR count). The smallest absolute Gasteiger partial charge is 0.115 e. The minimum atomic E-state index is 0.263. The third-order valence-corrected chi connectivity index (χ3v) is 4.02. The molecule has 0 aliphatic heterocycles. The van der Waals surface area contributed by atoms with Gasteiger partial charge in [-0.2, -0.15) is 0 Å². The molecule has 0 saturated carbocycles. The standard InChI is InChI=1S/C18H21NO2/c1-21-12-13-4-2-6-15(10-13)19-18-7-3-5-14-8-9-16(20)11-17(14)18/h2,4,6,8-11,18-20H,3,5,7,12H2,1H3. The van der Waals surface area contributed by atoms with Gasteiger partial charge in [-0.3, -0.25) is 0 Å². The van der Waals surface area contributed by atoms with Crippen molar-refractivity contribution in [3.63, 3.8) is 0 Å². The summed E-state index contributed by atoms with van der Waals surface area (Å²) in [6.45, 7) is 0.623. The molecule has 0 heterocycles. The van der Waals surface area contributed by atoms with Gasteiger partial charge in [0.25, 0.3) is 0 Å². The molecule has 1 atom stereocenters. The largest absolute Gasteiger partial charge is 0.508 e. The number of fused-ring (bicyclic) bond motifs is 1. The van der Waals surface area contributed by atoms with Crippen molar-refractivity contribution in [3.8, 4) is 5.75 Å². The van der Waals surface area contributed by atoms with Crippen molar-refractivity contribution in [3.05, 3.63) is 59.2 Å². The van der Waals surface area contributed by atoms with Crippen LogP contribution in [0.15, 0.2) is 42.5 Å². The molecule has 2 N–H and O–H groups in total. The maximum Gasteiger partial charge on any atom is 0.115 e. The molecule has 0 aromatic heterocycles. The second kappa shape index (κ2) is 6.19. The predicted octanol–water partition coefficient (Wildman–Crippen LogP) is 4.03. The Labute approximate surface area is 125 Å². The van der Waals surface area contributed by atoms with Gasteiger partial charge in [0.05, 0.1) is 12.6 Å². The van der Waals surface area contributed by atoms with Crippen LogP contribution in [0.5, 0.6) is 5.75 Å². The first-order valence-electron chi connectivity index (χ1n) is 7.42. The van der Waals surface area contributed by atoms with Crippen molar-refractivity contribution < 1.29 is 9.84 Å². The summed E-state index contributed by atoms with van der Waals surface area (Å²) < 4.78 is 5.18. The highest BCUT2D eigenvalue weighted by Gasteiger charge is 2.20. The zero-order chi connectivity index (χ0) is 14.7. The Balaban J connectivity index is 1.83. The summed E-state index contributed by atoms with van der Waals surface area (Å²) in [7, 11) is 1.71. The number of benzene rings is 2. The van der Waals surface area contributed by atoms with E-state index in [4.69, 9.17) is 4.74 Å². The van der Waals surface area contributed by atoms with Crippen LogP contribution >= 0.6 is 0 Å². The van der Waals surface area contributed by atoms with E-state index in [9.17, 15) is 5.11 Å². The van der Waals surface area contributed by atoms with E-state index in [-0.39, 0.29) is 6.04 Å². The molecular formula is C18H21NO2. The lowest BCUT2D eigenvalue weighted by molar-refractivity contribution is 0.185. The van der Waals surface area contributed by atoms with Crippen LogP contribution < -0.4 is 5.32 Å². The number of aromatic hydroxyl groups is 1. The maximum absolute atomic E-state index is 9.74. The fourth-order valence-electron chi connectivity index (χ4n) is 3.06. The summed E-state index contributed by atoms with van der Waals surface area (Å²) >= 11 is 0. The van der Waals surface area contributed by atoms with Crippen molar-refractivity contribution in [1.82, 2.24) is 0 Å². The number of anilines is 1. The van der Waals surface area contributed by atoms with E-state index in [1.807, 2.05) is 18.2 Å². The number of phenols is 1. The van der Waals surface area contributed by atoms with E-state index in [0.717, 1.165) is 24.1 Å². The fraction of sp³-hybridized carbons (Fsp3) is 0.333. The van der Waals surface area contributed by atoms with Gasteiger partial charge in [0, 0.05) is 12.8 Å². The van der Waals surface area contributed by atoms with Crippen LogP contribution in [0, 0.1) is 0 Å². The number of ether oxygens (including phenoxy) is 1. The van der Waals surface area contributed by atoms with Crippen LogP contribution in [0.2, 0.25) is 0 Å². The van der Waals surface area contributed by atoms with Crippen LogP contribution in [0.1, 0.15) is 35.6 Å². The van der Waals surface area contributed by atoms with Crippen LogP contribution in [-0.4, -0.2) is 12.2 Å². The van der Waals surface area contributed by atoms with Crippen molar-refractivity contribution in [2.75, 3.05) is 12.4 Å². The molecule has 0 amide bonds. The van der Waals surface area contributed by atoms with E-state index in [0.29, 0.717) is 12.4 Å². The monoisotopic (exact) mass is 283 g/mol. The van der Waals surface area contributed by atoms with E-state index >= 15 is 0 Å². The molecule has 21 heavy (non-hydrogen) atoms. The number of phenolic OH excluding ortho intramolecular Hbond substituents is 1. The molecule has 2 aromatic carbocycles. The van der Waals surface area contributed by atoms with Crippen LogP contribution in [0.4, 0.5) is 5.69 Å². The summed E-state index contributed by atoms with van der Waals surface area (Å²) in [5, 5.41) is 13.3. The van der Waals surface area contributed by atoms with Crippen molar-refractivity contribution in [2.45, 2.75) is 31.9 Å². The first-order valence-corrected chi connectivity index (χ1v) is 7.42. The number of rotatable bonds is 4. The molecule has 1 unspecified atom stereocenters. The molecule has 2 aromatic rings. The number of aryl methyl sites for hydroxylation is 1. The average Bonchev–Trinajstić information content (AvgIpc) is 2.49. The van der Waals surface area contributed by atoms with Crippen molar-refractivity contribution in [2.24, 2.45) is 0 Å². The first kappa shape index (κ1) is 14.0. The SMILES string of the molecule is COCc1cccc(NC2CCCc3ccc(O)cc32)c1.